The van der Waals surface area contributed by atoms with Crippen LogP contribution in [0, 0.1) is 0 Å². The fraction of sp³-hybridized carbons (Fsp3) is 0.857. The van der Waals surface area contributed by atoms with Gasteiger partial charge in [0.25, 0.3) is 0 Å². The van der Waals surface area contributed by atoms with Crippen LogP contribution in [-0.4, -0.2) is 63.1 Å². The maximum Gasteiger partial charge on any atom is 0.209 e. The van der Waals surface area contributed by atoms with Crippen LogP contribution in [0.2, 0.25) is 0 Å². The summed E-state index contributed by atoms with van der Waals surface area (Å²) in [5.41, 5.74) is 0. The van der Waals surface area contributed by atoms with Crippen LogP contribution in [0.3, 0.4) is 0 Å². The molecule has 7 nitrogen and oxygen atoms in total. The van der Waals surface area contributed by atoms with E-state index in [4.69, 9.17) is 21.8 Å². The largest absolute Gasteiger partial charge is 0.394 e. The van der Waals surface area contributed by atoms with Gasteiger partial charge in [-0.3, -0.25) is 4.79 Å². The summed E-state index contributed by atoms with van der Waals surface area (Å²) >= 11 is 0. The van der Waals surface area contributed by atoms with Gasteiger partial charge in [-0.05, 0) is 0 Å². The van der Waals surface area contributed by atoms with E-state index in [1.165, 1.54) is 0 Å². The zero-order valence-corrected chi connectivity index (χ0v) is 7.37. The highest BCUT2D eigenvalue weighted by molar-refractivity contribution is 5.46. The number of carbonyl (C=O) groups is 1. The fourth-order valence-corrected chi connectivity index (χ4v) is 0.810. The molecule has 0 bridgehead atoms. The Morgan fingerprint density at radius 1 is 1.29 bits per heavy atom. The van der Waals surface area contributed by atoms with Crippen molar-refractivity contribution < 1.29 is 31.7 Å². The van der Waals surface area contributed by atoms with E-state index in [1.54, 1.807) is 5.32 Å². The summed E-state index contributed by atoms with van der Waals surface area (Å²) in [6.45, 7) is -0.768. The highest BCUT2D eigenvalue weighted by Crippen LogP contribution is 2.05. The average Bonchev–Trinajstić information content (AvgIpc) is 2.14. The van der Waals surface area contributed by atoms with E-state index in [2.05, 4.69) is 0 Å². The number of hydrogen-bond donors (Lipinski definition) is 6. The molecule has 0 aromatic rings. The first-order valence-electron chi connectivity index (χ1n) is 4.43. The lowest BCUT2D eigenvalue weighted by Crippen LogP contribution is -2.43. The SMILES string of the molecule is [2H]C(O)(C[C@@H](O)[C@H](O)[C@H](O)CO)NC=O. The molecule has 0 aromatic heterocycles. The van der Waals surface area contributed by atoms with E-state index in [9.17, 15) is 9.90 Å². The molecule has 7 heteroatoms. The second-order valence-electron chi connectivity index (χ2n) is 2.72. The average molecular weight is 210 g/mol. The molecule has 1 unspecified atom stereocenters. The first kappa shape index (κ1) is 11.3. The molecule has 4 atom stereocenters. The summed E-state index contributed by atoms with van der Waals surface area (Å²) in [6.07, 6.45) is -8.01. The number of carbonyl (C=O) groups excluding carboxylic acids is 1. The second kappa shape index (κ2) is 6.68. The van der Waals surface area contributed by atoms with Crippen LogP contribution in [0.1, 0.15) is 7.79 Å². The summed E-state index contributed by atoms with van der Waals surface area (Å²) in [5, 5.41) is 46.5. The lowest BCUT2D eigenvalue weighted by atomic mass is 10.1. The molecular weight excluding hydrogens is 194 g/mol. The molecule has 0 rings (SSSR count). The van der Waals surface area contributed by atoms with Crippen molar-refractivity contribution in [3.63, 3.8) is 0 Å². The Kier molecular flexibility index (Phi) is 5.42. The first-order valence-corrected chi connectivity index (χ1v) is 3.93. The molecule has 0 aliphatic heterocycles. The zero-order chi connectivity index (χ0) is 12.1. The van der Waals surface area contributed by atoms with Gasteiger partial charge in [0.1, 0.15) is 18.4 Å². The highest BCUT2D eigenvalue weighted by atomic mass is 16.4. The molecule has 0 aliphatic carbocycles. The van der Waals surface area contributed by atoms with Gasteiger partial charge in [-0.2, -0.15) is 0 Å². The van der Waals surface area contributed by atoms with Gasteiger partial charge in [0.05, 0.1) is 14.1 Å². The number of amides is 1. The third-order valence-electron chi connectivity index (χ3n) is 1.60. The molecule has 0 radical (unpaired) electrons. The monoisotopic (exact) mass is 210 g/mol. The number of aliphatic hydroxyl groups is 5. The summed E-state index contributed by atoms with van der Waals surface area (Å²) in [5.74, 6) is 0. The fourth-order valence-electron chi connectivity index (χ4n) is 0.810. The highest BCUT2D eigenvalue weighted by Gasteiger charge is 2.25. The molecule has 1 amide bonds. The van der Waals surface area contributed by atoms with Crippen LogP contribution < -0.4 is 5.32 Å². The quantitative estimate of drug-likeness (QED) is 0.191. The number of nitrogens with one attached hydrogen (secondary N) is 1. The molecule has 0 heterocycles. The minimum atomic E-state index is -2.43. The molecule has 0 spiro atoms. The Balaban J connectivity index is 4.22. The number of rotatable bonds is 7. The van der Waals surface area contributed by atoms with E-state index in [0.29, 0.717) is 0 Å². The van der Waals surface area contributed by atoms with Crippen molar-refractivity contribution in [1.29, 1.82) is 0 Å². The van der Waals surface area contributed by atoms with E-state index in [1.807, 2.05) is 0 Å². The zero-order valence-electron chi connectivity index (χ0n) is 8.37. The Morgan fingerprint density at radius 3 is 2.29 bits per heavy atom. The summed E-state index contributed by atoms with van der Waals surface area (Å²) in [7, 11) is 0. The molecule has 14 heavy (non-hydrogen) atoms. The molecule has 0 fully saturated rings. The lowest BCUT2D eigenvalue weighted by molar-refractivity contribution is -0.115. The van der Waals surface area contributed by atoms with E-state index in [0.717, 1.165) is 0 Å². The van der Waals surface area contributed by atoms with Crippen molar-refractivity contribution in [3.8, 4) is 0 Å². The van der Waals surface area contributed by atoms with Crippen molar-refractivity contribution in [2.24, 2.45) is 0 Å². The van der Waals surface area contributed by atoms with Crippen molar-refractivity contribution in [2.75, 3.05) is 6.61 Å². The lowest BCUT2D eigenvalue weighted by Gasteiger charge is -2.23. The topological polar surface area (TPSA) is 130 Å². The Labute approximate surface area is 82.0 Å². The van der Waals surface area contributed by atoms with Gasteiger partial charge in [-0.1, -0.05) is 0 Å². The minimum absolute atomic E-state index is 0.0641. The first-order chi connectivity index (χ1) is 6.84. The van der Waals surface area contributed by atoms with Gasteiger partial charge in [0.2, 0.25) is 6.41 Å². The Hall–Kier alpha value is -0.730. The predicted octanol–water partition coefficient (Wildman–Crippen LogP) is -3.48. The van der Waals surface area contributed by atoms with Crippen LogP contribution >= 0.6 is 0 Å². The number of aliphatic hydroxyl groups excluding tert-OH is 4. The van der Waals surface area contributed by atoms with Gasteiger partial charge < -0.3 is 30.8 Å². The van der Waals surface area contributed by atoms with Crippen molar-refractivity contribution in [1.82, 2.24) is 5.32 Å². The molecule has 0 aliphatic rings. The van der Waals surface area contributed by atoms with Gasteiger partial charge in [0.15, 0.2) is 0 Å². The molecular formula is C7H15NO6. The second-order valence-corrected chi connectivity index (χ2v) is 2.72. The summed E-state index contributed by atoms with van der Waals surface area (Å²) < 4.78 is 7.05. The van der Waals surface area contributed by atoms with Crippen molar-refractivity contribution >= 4 is 6.41 Å². The molecule has 0 aromatic carbocycles. The smallest absolute Gasteiger partial charge is 0.209 e. The third kappa shape index (κ3) is 4.49. The minimum Gasteiger partial charge on any atom is -0.394 e. The van der Waals surface area contributed by atoms with Gasteiger partial charge in [-0.15, -0.1) is 0 Å². The van der Waals surface area contributed by atoms with Crippen molar-refractivity contribution in [3.05, 3.63) is 0 Å². The molecule has 6 N–H and O–H groups in total. The molecule has 84 valence electrons. The Bertz CT molecular complexity index is 202. The van der Waals surface area contributed by atoms with Crippen molar-refractivity contribution in [2.45, 2.75) is 30.9 Å². The maximum absolute atomic E-state index is 9.94. The van der Waals surface area contributed by atoms with E-state index < -0.39 is 37.5 Å². The Morgan fingerprint density at radius 2 is 1.86 bits per heavy atom. The molecule has 0 saturated heterocycles. The van der Waals surface area contributed by atoms with E-state index >= 15 is 0 Å². The molecule has 0 saturated carbocycles. The van der Waals surface area contributed by atoms with Gasteiger partial charge >= 0.3 is 0 Å². The standard InChI is InChI=1S/C7H15NO6/c9-2-5(12)7(14)4(11)1-6(13)8-3-10/h3-7,9,11-14H,1-2H2,(H,8,10)/t4-,5-,6?,7+/m1/s1/i6D. The van der Waals surface area contributed by atoms with Gasteiger partial charge in [-0.25, -0.2) is 0 Å². The summed E-state index contributed by atoms with van der Waals surface area (Å²) in [4.78, 5) is 9.94. The van der Waals surface area contributed by atoms with Crippen LogP contribution in [0.4, 0.5) is 0 Å². The van der Waals surface area contributed by atoms with Crippen LogP contribution in [0.5, 0.6) is 0 Å². The van der Waals surface area contributed by atoms with Gasteiger partial charge in [0, 0.05) is 6.42 Å². The maximum atomic E-state index is 9.94. The van der Waals surface area contributed by atoms with Crippen LogP contribution in [0.25, 0.3) is 0 Å². The summed E-state index contributed by atoms with van der Waals surface area (Å²) in [6, 6.07) is 0. The number of hydrogen-bond acceptors (Lipinski definition) is 6. The third-order valence-corrected chi connectivity index (χ3v) is 1.60. The van der Waals surface area contributed by atoms with Crippen LogP contribution in [-0.2, 0) is 4.79 Å². The normalized spacial score (nSPS) is 22.8. The van der Waals surface area contributed by atoms with E-state index in [-0.39, 0.29) is 6.41 Å². The predicted molar refractivity (Wildman–Crippen MR) is 44.9 cm³/mol. The van der Waals surface area contributed by atoms with Crippen LogP contribution in [0.15, 0.2) is 0 Å².